The summed E-state index contributed by atoms with van der Waals surface area (Å²) in [5, 5.41) is 12.2. The van der Waals surface area contributed by atoms with E-state index >= 15 is 0 Å². The zero-order chi connectivity index (χ0) is 24.2. The molecule has 1 aliphatic carbocycles. The third-order valence-corrected chi connectivity index (χ3v) is 7.01. The first kappa shape index (κ1) is 24.1. The number of anilines is 1. The van der Waals surface area contributed by atoms with E-state index < -0.39 is 5.97 Å². The van der Waals surface area contributed by atoms with Crippen molar-refractivity contribution in [1.29, 1.82) is 0 Å². The van der Waals surface area contributed by atoms with Gasteiger partial charge in [0.25, 0.3) is 0 Å². The summed E-state index contributed by atoms with van der Waals surface area (Å²) in [6.45, 7) is 6.36. The summed E-state index contributed by atoms with van der Waals surface area (Å²) in [5.74, 6) is 0.301. The van der Waals surface area contributed by atoms with E-state index in [1.165, 1.54) is 6.07 Å². The van der Waals surface area contributed by atoms with Crippen LogP contribution in [0.1, 0.15) is 62.4 Å². The summed E-state index contributed by atoms with van der Waals surface area (Å²) in [6, 6.07) is 7.06. The molecule has 0 amide bonds. The molecule has 0 aromatic carbocycles. The Balaban J connectivity index is 1.48. The Bertz CT molecular complexity index is 1170. The molecule has 1 fully saturated rings. The first-order valence-electron chi connectivity index (χ1n) is 11.5. The van der Waals surface area contributed by atoms with Gasteiger partial charge >= 0.3 is 5.97 Å². The Morgan fingerprint density at radius 3 is 2.85 bits per heavy atom. The molecule has 9 heteroatoms. The molecule has 34 heavy (non-hydrogen) atoms. The van der Waals surface area contributed by atoms with E-state index in [0.29, 0.717) is 42.5 Å². The Kier molecular flexibility index (Phi) is 7.41. The van der Waals surface area contributed by atoms with Crippen molar-refractivity contribution in [2.45, 2.75) is 65.0 Å². The zero-order valence-electron chi connectivity index (χ0n) is 19.5. The summed E-state index contributed by atoms with van der Waals surface area (Å²) < 4.78 is 20.3. The van der Waals surface area contributed by atoms with Crippen molar-refractivity contribution in [1.82, 2.24) is 15.0 Å². The largest absolute Gasteiger partial charge is 0.489 e. The van der Waals surface area contributed by atoms with Crippen LogP contribution in [0.25, 0.3) is 10.6 Å². The van der Waals surface area contributed by atoms with Crippen LogP contribution in [0.3, 0.4) is 0 Å². The number of carboxylic acids is 1. The number of aromatic nitrogens is 3. The highest BCUT2D eigenvalue weighted by molar-refractivity contribution is 7.14. The van der Waals surface area contributed by atoms with Crippen LogP contribution in [-0.2, 0) is 11.3 Å². The van der Waals surface area contributed by atoms with Gasteiger partial charge in [-0.15, -0.1) is 11.3 Å². The summed E-state index contributed by atoms with van der Waals surface area (Å²) in [7, 11) is 0. The second kappa shape index (κ2) is 10.5. The highest BCUT2D eigenvalue weighted by Crippen LogP contribution is 2.34. The van der Waals surface area contributed by atoms with Crippen molar-refractivity contribution >= 4 is 23.3 Å². The standard InChI is InChI=1S/C25H29FN4O3S/c1-14(2)19-9-10-27-25(30-19)28-13-17-12-22(26)34-23(17)20-7-8-21(15(3)29-20)33-18-6-4-5-16(11-18)24(31)32/h7-10,12,14,16,18H,4-6,11,13H2,1-3H3,(H,31,32)(H,27,28,30)/t16-,18-/m0/s1. The minimum absolute atomic E-state index is 0.137. The van der Waals surface area contributed by atoms with Crippen molar-refractivity contribution in [3.8, 4) is 16.3 Å². The highest BCUT2D eigenvalue weighted by atomic mass is 32.1. The number of aryl methyl sites for hydroxylation is 1. The highest BCUT2D eigenvalue weighted by Gasteiger charge is 2.28. The third kappa shape index (κ3) is 5.70. The van der Waals surface area contributed by atoms with Crippen LogP contribution in [0.2, 0.25) is 0 Å². The summed E-state index contributed by atoms with van der Waals surface area (Å²) >= 11 is 1.05. The van der Waals surface area contributed by atoms with Gasteiger partial charge < -0.3 is 15.2 Å². The van der Waals surface area contributed by atoms with Crippen LogP contribution in [0.4, 0.5) is 10.3 Å². The van der Waals surface area contributed by atoms with E-state index in [9.17, 15) is 14.3 Å². The maximum absolute atomic E-state index is 14.2. The molecule has 0 aliphatic heterocycles. The Morgan fingerprint density at radius 2 is 2.12 bits per heavy atom. The number of rotatable bonds is 8. The first-order chi connectivity index (χ1) is 16.3. The fraction of sp³-hybridized carbons (Fsp3) is 0.440. The van der Waals surface area contributed by atoms with Crippen molar-refractivity contribution in [2.75, 3.05) is 5.32 Å². The molecular weight excluding hydrogens is 455 g/mol. The minimum atomic E-state index is -0.763. The van der Waals surface area contributed by atoms with Crippen molar-refractivity contribution < 1.29 is 19.0 Å². The number of nitrogens with zero attached hydrogens (tertiary/aromatic N) is 3. The van der Waals surface area contributed by atoms with Gasteiger partial charge in [0.15, 0.2) is 5.13 Å². The quantitative estimate of drug-likeness (QED) is 0.417. The van der Waals surface area contributed by atoms with Crippen LogP contribution in [0, 0.1) is 18.0 Å². The van der Waals surface area contributed by atoms with Gasteiger partial charge in [0.2, 0.25) is 5.95 Å². The van der Waals surface area contributed by atoms with Crippen molar-refractivity contribution in [3.05, 3.63) is 52.5 Å². The lowest BCUT2D eigenvalue weighted by Crippen LogP contribution is -2.29. The minimum Gasteiger partial charge on any atom is -0.489 e. The summed E-state index contributed by atoms with van der Waals surface area (Å²) in [4.78, 5) is 25.5. The van der Waals surface area contributed by atoms with Gasteiger partial charge in [-0.25, -0.2) is 15.0 Å². The van der Waals surface area contributed by atoms with Gasteiger partial charge in [0, 0.05) is 18.4 Å². The fourth-order valence-electron chi connectivity index (χ4n) is 4.15. The summed E-state index contributed by atoms with van der Waals surface area (Å²) in [5.41, 5.74) is 3.07. The molecule has 3 aromatic heterocycles. The number of carbonyl (C=O) groups is 1. The van der Waals surface area contributed by atoms with Gasteiger partial charge in [0.05, 0.1) is 28.3 Å². The fourth-order valence-corrected chi connectivity index (χ4v) is 5.03. The molecule has 0 bridgehead atoms. The lowest BCUT2D eigenvalue weighted by atomic mass is 9.87. The average Bonchev–Trinajstić information content (AvgIpc) is 3.20. The Hall–Kier alpha value is -3.07. The third-order valence-electron chi connectivity index (χ3n) is 6.02. The van der Waals surface area contributed by atoms with Crippen LogP contribution in [0.15, 0.2) is 30.5 Å². The molecule has 0 unspecified atom stereocenters. The molecule has 1 saturated carbocycles. The number of carboxylic acid groups (broad SMARTS) is 1. The van der Waals surface area contributed by atoms with Crippen molar-refractivity contribution in [2.24, 2.45) is 5.92 Å². The second-order valence-electron chi connectivity index (χ2n) is 8.94. The molecule has 1 aliphatic rings. The molecule has 2 N–H and O–H groups in total. The number of halogens is 1. The van der Waals surface area contributed by atoms with E-state index in [1.807, 2.05) is 25.1 Å². The van der Waals surface area contributed by atoms with Gasteiger partial charge in [-0.3, -0.25) is 4.79 Å². The van der Waals surface area contributed by atoms with E-state index in [-0.39, 0.29) is 23.1 Å². The molecule has 2 atom stereocenters. The number of aliphatic carboxylic acids is 1. The maximum atomic E-state index is 14.2. The van der Waals surface area contributed by atoms with Crippen molar-refractivity contribution in [3.63, 3.8) is 0 Å². The van der Waals surface area contributed by atoms with Crippen LogP contribution in [0.5, 0.6) is 5.75 Å². The number of ether oxygens (including phenoxy) is 1. The predicted molar refractivity (Wildman–Crippen MR) is 130 cm³/mol. The molecule has 180 valence electrons. The van der Waals surface area contributed by atoms with Gasteiger partial charge in [-0.2, -0.15) is 4.39 Å². The smallest absolute Gasteiger partial charge is 0.306 e. The Labute approximate surface area is 202 Å². The molecule has 0 saturated heterocycles. The molecular formula is C25H29FN4O3S. The molecule has 7 nitrogen and oxygen atoms in total. The SMILES string of the molecule is Cc1nc(-c2sc(F)cc2CNc2nccc(C(C)C)n2)ccc1O[C@H]1CCC[C@H](C(=O)O)C1. The molecule has 4 rings (SSSR count). The van der Waals surface area contributed by atoms with E-state index in [2.05, 4.69) is 34.1 Å². The topological polar surface area (TPSA) is 97.2 Å². The second-order valence-corrected chi connectivity index (χ2v) is 9.94. The number of hydrogen-bond donors (Lipinski definition) is 2. The number of pyridine rings is 1. The van der Waals surface area contributed by atoms with E-state index in [0.717, 1.165) is 40.3 Å². The van der Waals surface area contributed by atoms with Crippen LogP contribution >= 0.6 is 11.3 Å². The zero-order valence-corrected chi connectivity index (χ0v) is 20.4. The predicted octanol–water partition coefficient (Wildman–Crippen LogP) is 5.81. The molecule has 3 aromatic rings. The van der Waals surface area contributed by atoms with Gasteiger partial charge in [0.1, 0.15) is 5.75 Å². The summed E-state index contributed by atoms with van der Waals surface area (Å²) in [6.07, 6.45) is 4.44. The van der Waals surface area contributed by atoms with E-state index in [4.69, 9.17) is 4.74 Å². The normalized spacial score (nSPS) is 18.1. The van der Waals surface area contributed by atoms with Crippen LogP contribution in [-0.4, -0.2) is 32.1 Å². The van der Waals surface area contributed by atoms with Gasteiger partial charge in [-0.05, 0) is 68.4 Å². The monoisotopic (exact) mass is 484 g/mol. The van der Waals surface area contributed by atoms with Crippen LogP contribution < -0.4 is 10.1 Å². The lowest BCUT2D eigenvalue weighted by Gasteiger charge is -2.27. The number of hydrogen-bond acceptors (Lipinski definition) is 7. The van der Waals surface area contributed by atoms with E-state index in [1.54, 1.807) is 6.20 Å². The maximum Gasteiger partial charge on any atom is 0.306 e. The number of nitrogens with one attached hydrogen (secondary N) is 1. The number of thiophene rings is 1. The molecule has 3 heterocycles. The average molecular weight is 485 g/mol. The lowest BCUT2D eigenvalue weighted by molar-refractivity contribution is -0.143. The van der Waals surface area contributed by atoms with Gasteiger partial charge in [-0.1, -0.05) is 13.8 Å². The molecule has 0 radical (unpaired) electrons. The Morgan fingerprint density at radius 1 is 1.29 bits per heavy atom. The first-order valence-corrected chi connectivity index (χ1v) is 12.3. The molecule has 0 spiro atoms.